The molecule has 1 atom stereocenters. The van der Waals surface area contributed by atoms with Crippen molar-refractivity contribution in [3.63, 3.8) is 0 Å². The molecule has 2 aromatic rings. The standard InChI is InChI=1S/C18H16ClF3N4O5S/c19-12-3-6-16(23-9-12)24-17(27)11-2-1-7-25(10-11)14-5-4-13(8-15(14)26(28)29)32(30,31)18(20,21)22/h3-6,8-9,11H,1-2,7,10H2,(H,23,24,27). The van der Waals surface area contributed by atoms with Crippen LogP contribution in [0, 0.1) is 16.0 Å². The number of benzene rings is 1. The lowest BCUT2D eigenvalue weighted by Crippen LogP contribution is -2.41. The van der Waals surface area contributed by atoms with Crippen molar-refractivity contribution in [2.24, 2.45) is 5.92 Å². The molecule has 9 nitrogen and oxygen atoms in total. The maximum absolute atomic E-state index is 12.8. The average Bonchev–Trinajstić information content (AvgIpc) is 2.74. The molecule has 1 aliphatic heterocycles. The van der Waals surface area contributed by atoms with E-state index < -0.39 is 36.8 Å². The Labute approximate surface area is 185 Å². The molecule has 2 heterocycles. The third-order valence-electron chi connectivity index (χ3n) is 4.87. The molecule has 1 unspecified atom stereocenters. The first-order valence-electron chi connectivity index (χ1n) is 9.17. The van der Waals surface area contributed by atoms with Gasteiger partial charge in [0.2, 0.25) is 5.91 Å². The van der Waals surface area contributed by atoms with Gasteiger partial charge in [0.15, 0.2) is 0 Å². The Bertz CT molecular complexity index is 1140. The van der Waals surface area contributed by atoms with E-state index in [0.717, 1.165) is 6.07 Å². The zero-order valence-corrected chi connectivity index (χ0v) is 17.7. The summed E-state index contributed by atoms with van der Waals surface area (Å²) < 4.78 is 61.7. The first-order chi connectivity index (χ1) is 14.9. The summed E-state index contributed by atoms with van der Waals surface area (Å²) in [7, 11) is -5.75. The number of aromatic nitrogens is 1. The number of nitrogens with one attached hydrogen (secondary N) is 1. The van der Waals surface area contributed by atoms with Crippen molar-refractivity contribution in [2.75, 3.05) is 23.3 Å². The highest BCUT2D eigenvalue weighted by Crippen LogP contribution is 2.37. The molecule has 1 amide bonds. The van der Waals surface area contributed by atoms with Gasteiger partial charge in [0, 0.05) is 25.4 Å². The highest BCUT2D eigenvalue weighted by molar-refractivity contribution is 7.92. The highest BCUT2D eigenvalue weighted by Gasteiger charge is 2.47. The average molecular weight is 493 g/mol. The van der Waals surface area contributed by atoms with Crippen LogP contribution in [-0.4, -0.2) is 42.8 Å². The monoisotopic (exact) mass is 492 g/mol. The molecule has 0 aliphatic carbocycles. The van der Waals surface area contributed by atoms with E-state index >= 15 is 0 Å². The van der Waals surface area contributed by atoms with Crippen LogP contribution < -0.4 is 10.2 Å². The first kappa shape index (κ1) is 23.7. The molecule has 172 valence electrons. The van der Waals surface area contributed by atoms with E-state index in [4.69, 9.17) is 11.6 Å². The molecule has 0 spiro atoms. The summed E-state index contributed by atoms with van der Waals surface area (Å²) in [6.07, 6.45) is 2.31. The number of halogens is 4. The predicted molar refractivity (Wildman–Crippen MR) is 109 cm³/mol. The lowest BCUT2D eigenvalue weighted by atomic mass is 9.96. The molecule has 14 heteroatoms. The second-order valence-corrected chi connectivity index (χ2v) is 9.37. The van der Waals surface area contributed by atoms with Crippen molar-refractivity contribution in [2.45, 2.75) is 23.2 Å². The first-order valence-corrected chi connectivity index (χ1v) is 11.0. The number of hydrogen-bond acceptors (Lipinski definition) is 7. The molecule has 1 saturated heterocycles. The van der Waals surface area contributed by atoms with Gasteiger partial charge in [-0.1, -0.05) is 11.6 Å². The fourth-order valence-corrected chi connectivity index (χ4v) is 4.20. The second kappa shape index (κ2) is 8.90. The zero-order chi connectivity index (χ0) is 23.7. The van der Waals surface area contributed by atoms with Crippen LogP contribution in [0.2, 0.25) is 5.02 Å². The van der Waals surface area contributed by atoms with Gasteiger partial charge < -0.3 is 10.2 Å². The summed E-state index contributed by atoms with van der Waals surface area (Å²) in [4.78, 5) is 27.3. The fourth-order valence-electron chi connectivity index (χ4n) is 3.31. The van der Waals surface area contributed by atoms with Gasteiger partial charge >= 0.3 is 5.51 Å². The molecule has 1 N–H and O–H groups in total. The number of nitrogens with zero attached hydrogens (tertiary/aromatic N) is 3. The lowest BCUT2D eigenvalue weighted by Gasteiger charge is -2.33. The smallest absolute Gasteiger partial charge is 0.365 e. The van der Waals surface area contributed by atoms with Crippen molar-refractivity contribution < 1.29 is 31.3 Å². The van der Waals surface area contributed by atoms with Crippen LogP contribution in [0.5, 0.6) is 0 Å². The largest absolute Gasteiger partial charge is 0.501 e. The molecule has 1 fully saturated rings. The number of piperidine rings is 1. The molecule has 0 bridgehead atoms. The molecular weight excluding hydrogens is 477 g/mol. The van der Waals surface area contributed by atoms with E-state index in [1.807, 2.05) is 0 Å². The Morgan fingerprint density at radius 1 is 1.28 bits per heavy atom. The number of carbonyl (C=O) groups is 1. The molecule has 0 radical (unpaired) electrons. The van der Waals surface area contributed by atoms with Crippen molar-refractivity contribution >= 4 is 44.5 Å². The van der Waals surface area contributed by atoms with Crippen molar-refractivity contribution in [3.8, 4) is 0 Å². The summed E-state index contributed by atoms with van der Waals surface area (Å²) in [5, 5.41) is 14.5. The van der Waals surface area contributed by atoms with E-state index in [9.17, 15) is 36.5 Å². The normalized spacial score (nSPS) is 17.1. The molecule has 1 aromatic carbocycles. The van der Waals surface area contributed by atoms with Crippen LogP contribution in [0.15, 0.2) is 41.4 Å². The van der Waals surface area contributed by atoms with Gasteiger partial charge in [0.05, 0.1) is 20.8 Å². The Hall–Kier alpha value is -2.93. The van der Waals surface area contributed by atoms with Gasteiger partial charge in [-0.15, -0.1) is 0 Å². The Kier molecular flexibility index (Phi) is 6.60. The number of carbonyl (C=O) groups excluding carboxylic acids is 1. The number of alkyl halides is 3. The third-order valence-corrected chi connectivity index (χ3v) is 6.58. The zero-order valence-electron chi connectivity index (χ0n) is 16.2. The predicted octanol–water partition coefficient (Wildman–Crippen LogP) is 3.79. The molecule has 32 heavy (non-hydrogen) atoms. The Morgan fingerprint density at radius 3 is 2.59 bits per heavy atom. The van der Waals surface area contributed by atoms with Gasteiger partial charge in [0.25, 0.3) is 15.5 Å². The quantitative estimate of drug-likeness (QED) is 0.497. The van der Waals surface area contributed by atoms with Gasteiger partial charge in [-0.2, -0.15) is 13.2 Å². The molecule has 3 rings (SSSR count). The minimum Gasteiger partial charge on any atom is -0.365 e. The van der Waals surface area contributed by atoms with Crippen LogP contribution in [-0.2, 0) is 14.6 Å². The Balaban J connectivity index is 1.84. The van der Waals surface area contributed by atoms with Crippen LogP contribution in [0.25, 0.3) is 0 Å². The topological polar surface area (TPSA) is 123 Å². The minimum absolute atomic E-state index is 0.0473. The second-order valence-electron chi connectivity index (χ2n) is 6.99. The van der Waals surface area contributed by atoms with Gasteiger partial charge in [-0.05, 0) is 37.1 Å². The lowest BCUT2D eigenvalue weighted by molar-refractivity contribution is -0.384. The maximum atomic E-state index is 12.8. The highest BCUT2D eigenvalue weighted by atomic mass is 35.5. The number of nitro benzene ring substituents is 1. The van der Waals surface area contributed by atoms with Crippen LogP contribution in [0.3, 0.4) is 0 Å². The van der Waals surface area contributed by atoms with E-state index in [1.54, 1.807) is 0 Å². The van der Waals surface area contributed by atoms with Crippen molar-refractivity contribution in [1.82, 2.24) is 4.98 Å². The van der Waals surface area contributed by atoms with Crippen LogP contribution >= 0.6 is 11.6 Å². The number of rotatable bonds is 5. The number of nitro groups is 1. The van der Waals surface area contributed by atoms with Gasteiger partial charge in [-0.25, -0.2) is 13.4 Å². The van der Waals surface area contributed by atoms with E-state index in [1.165, 1.54) is 23.2 Å². The van der Waals surface area contributed by atoms with E-state index in [2.05, 4.69) is 10.3 Å². The number of anilines is 2. The van der Waals surface area contributed by atoms with Gasteiger partial charge in [-0.3, -0.25) is 14.9 Å². The van der Waals surface area contributed by atoms with Crippen LogP contribution in [0.1, 0.15) is 12.8 Å². The SMILES string of the molecule is O=C(Nc1ccc(Cl)cn1)C1CCCN(c2ccc(S(=O)(=O)C(F)(F)F)cc2[N+](=O)[O-])C1. The summed E-state index contributed by atoms with van der Waals surface area (Å²) in [5.74, 6) is -0.702. The van der Waals surface area contributed by atoms with Crippen LogP contribution in [0.4, 0.5) is 30.4 Å². The van der Waals surface area contributed by atoms with E-state index in [-0.39, 0.29) is 24.0 Å². The molecular formula is C18H16ClF3N4O5S. The van der Waals surface area contributed by atoms with Crippen molar-refractivity contribution in [1.29, 1.82) is 0 Å². The molecule has 1 aromatic heterocycles. The number of pyridine rings is 1. The Morgan fingerprint density at radius 2 is 2.00 bits per heavy atom. The number of amides is 1. The fraction of sp³-hybridized carbons (Fsp3) is 0.333. The number of sulfone groups is 1. The van der Waals surface area contributed by atoms with Gasteiger partial charge in [0.1, 0.15) is 11.5 Å². The van der Waals surface area contributed by atoms with Crippen molar-refractivity contribution in [3.05, 3.63) is 51.7 Å². The summed E-state index contributed by atoms with van der Waals surface area (Å²) >= 11 is 5.75. The summed E-state index contributed by atoms with van der Waals surface area (Å²) in [5.41, 5.74) is -6.46. The summed E-state index contributed by atoms with van der Waals surface area (Å²) in [6, 6.07) is 5.06. The molecule has 1 aliphatic rings. The third kappa shape index (κ3) is 4.93. The number of hydrogen-bond donors (Lipinski definition) is 1. The molecule has 0 saturated carbocycles. The summed E-state index contributed by atoms with van der Waals surface area (Å²) in [6.45, 7) is 0.348. The maximum Gasteiger partial charge on any atom is 0.501 e. The minimum atomic E-state index is -5.75. The van der Waals surface area contributed by atoms with E-state index in [0.29, 0.717) is 36.5 Å².